The molecule has 28 heavy (non-hydrogen) atoms. The van der Waals surface area contributed by atoms with E-state index in [2.05, 4.69) is 10.4 Å². The molecule has 0 atom stereocenters. The summed E-state index contributed by atoms with van der Waals surface area (Å²) in [5.74, 6) is 0.971. The number of aryl methyl sites for hydroxylation is 1. The first kappa shape index (κ1) is 20.8. The Morgan fingerprint density at radius 3 is 2.29 bits per heavy atom. The highest BCUT2D eigenvalue weighted by molar-refractivity contribution is 5.75. The molecule has 148 valence electrons. The van der Waals surface area contributed by atoms with Gasteiger partial charge < -0.3 is 19.5 Å². The van der Waals surface area contributed by atoms with Crippen molar-refractivity contribution in [2.24, 2.45) is 0 Å². The lowest BCUT2D eigenvalue weighted by atomic mass is 10.1. The van der Waals surface area contributed by atoms with E-state index in [1.54, 1.807) is 26.0 Å². The second-order valence-corrected chi connectivity index (χ2v) is 5.97. The molecular formula is C19H22N4O5. The third kappa shape index (κ3) is 4.23. The second-order valence-electron chi connectivity index (χ2n) is 5.97. The molecule has 1 heterocycles. The van der Waals surface area contributed by atoms with Crippen LogP contribution in [-0.2, 0) is 17.9 Å². The highest BCUT2D eigenvalue weighted by Gasteiger charge is 2.16. The molecule has 1 N–H and O–H groups in total. The van der Waals surface area contributed by atoms with Crippen LogP contribution in [0.15, 0.2) is 16.9 Å². The lowest BCUT2D eigenvalue weighted by Gasteiger charge is -2.14. The minimum absolute atomic E-state index is 0.00933. The number of carbonyl (C=O) groups excluding carboxylic acids is 1. The van der Waals surface area contributed by atoms with Gasteiger partial charge in [-0.3, -0.25) is 9.59 Å². The summed E-state index contributed by atoms with van der Waals surface area (Å²) in [4.78, 5) is 24.6. The van der Waals surface area contributed by atoms with Crippen LogP contribution in [0.1, 0.15) is 22.4 Å². The molecule has 1 aromatic heterocycles. The van der Waals surface area contributed by atoms with Gasteiger partial charge in [0.2, 0.25) is 11.7 Å². The molecule has 0 saturated carbocycles. The molecule has 0 aliphatic rings. The van der Waals surface area contributed by atoms with E-state index < -0.39 is 11.5 Å². The first-order chi connectivity index (χ1) is 13.4. The molecule has 0 bridgehead atoms. The number of amides is 1. The van der Waals surface area contributed by atoms with Crippen LogP contribution < -0.4 is 25.1 Å². The molecule has 9 nitrogen and oxygen atoms in total. The van der Waals surface area contributed by atoms with Gasteiger partial charge in [-0.2, -0.15) is 10.4 Å². The summed E-state index contributed by atoms with van der Waals surface area (Å²) in [5, 5.41) is 16.0. The zero-order valence-electron chi connectivity index (χ0n) is 16.5. The number of carbonyl (C=O) groups is 1. The Balaban J connectivity index is 2.17. The molecule has 0 unspecified atom stereocenters. The predicted molar refractivity (Wildman–Crippen MR) is 101 cm³/mol. The van der Waals surface area contributed by atoms with Crippen molar-refractivity contribution in [1.82, 2.24) is 15.1 Å². The van der Waals surface area contributed by atoms with Crippen LogP contribution in [0.4, 0.5) is 0 Å². The van der Waals surface area contributed by atoms with Crippen molar-refractivity contribution in [3.63, 3.8) is 0 Å². The largest absolute Gasteiger partial charge is 0.493 e. The number of nitrogens with one attached hydrogen (secondary N) is 1. The molecule has 9 heteroatoms. The molecule has 1 aromatic carbocycles. The molecule has 0 saturated heterocycles. The van der Waals surface area contributed by atoms with Crippen molar-refractivity contribution in [2.45, 2.75) is 26.9 Å². The van der Waals surface area contributed by atoms with Gasteiger partial charge in [-0.05, 0) is 37.1 Å². The molecule has 0 aliphatic heterocycles. The maximum absolute atomic E-state index is 12.3. The Morgan fingerprint density at radius 2 is 1.79 bits per heavy atom. The standard InChI is InChI=1S/C19H22N4O5/c1-11-12(2)22-23(19(25)14(11)8-20)10-17(24)21-9-13-6-15(26-3)18(28-5)16(7-13)27-4/h6-7H,9-10H2,1-5H3,(H,21,24). The van der Waals surface area contributed by atoms with E-state index in [1.807, 2.05) is 6.07 Å². The van der Waals surface area contributed by atoms with E-state index in [9.17, 15) is 9.59 Å². The number of ether oxygens (including phenoxy) is 3. The van der Waals surface area contributed by atoms with Crippen LogP contribution in [0.25, 0.3) is 0 Å². The topological polar surface area (TPSA) is 115 Å². The maximum atomic E-state index is 12.3. The highest BCUT2D eigenvalue weighted by Crippen LogP contribution is 2.38. The number of benzene rings is 1. The normalized spacial score (nSPS) is 10.1. The number of rotatable bonds is 7. The number of methoxy groups -OCH3 is 3. The van der Waals surface area contributed by atoms with Gasteiger partial charge in [0.15, 0.2) is 11.5 Å². The van der Waals surface area contributed by atoms with Gasteiger partial charge in [-0.15, -0.1) is 0 Å². The fourth-order valence-corrected chi connectivity index (χ4v) is 2.64. The van der Waals surface area contributed by atoms with Crippen molar-refractivity contribution >= 4 is 5.91 Å². The van der Waals surface area contributed by atoms with Gasteiger partial charge in [0.05, 0.1) is 27.0 Å². The summed E-state index contributed by atoms with van der Waals surface area (Å²) in [6.45, 7) is 3.22. The Morgan fingerprint density at radius 1 is 1.18 bits per heavy atom. The zero-order chi connectivity index (χ0) is 20.8. The fourth-order valence-electron chi connectivity index (χ4n) is 2.64. The minimum Gasteiger partial charge on any atom is -0.493 e. The van der Waals surface area contributed by atoms with Crippen molar-refractivity contribution in [3.8, 4) is 23.3 Å². The van der Waals surface area contributed by atoms with Gasteiger partial charge in [0, 0.05) is 6.54 Å². The van der Waals surface area contributed by atoms with Crippen LogP contribution in [-0.4, -0.2) is 37.0 Å². The predicted octanol–water partition coefficient (Wildman–Crippen LogP) is 1.07. The van der Waals surface area contributed by atoms with E-state index in [-0.39, 0.29) is 18.7 Å². The van der Waals surface area contributed by atoms with Crippen LogP contribution in [0.2, 0.25) is 0 Å². The number of aromatic nitrogens is 2. The summed E-state index contributed by atoms with van der Waals surface area (Å²) >= 11 is 0. The first-order valence-electron chi connectivity index (χ1n) is 8.40. The number of hydrogen-bond acceptors (Lipinski definition) is 7. The Bertz CT molecular complexity index is 966. The van der Waals surface area contributed by atoms with Gasteiger partial charge >= 0.3 is 0 Å². The third-order valence-electron chi connectivity index (χ3n) is 4.26. The highest BCUT2D eigenvalue weighted by atomic mass is 16.5. The van der Waals surface area contributed by atoms with Crippen LogP contribution in [0.5, 0.6) is 17.2 Å². The van der Waals surface area contributed by atoms with Gasteiger partial charge in [-0.25, -0.2) is 4.68 Å². The summed E-state index contributed by atoms with van der Waals surface area (Å²) in [7, 11) is 4.51. The van der Waals surface area contributed by atoms with Crippen LogP contribution in [0, 0.1) is 25.2 Å². The first-order valence-corrected chi connectivity index (χ1v) is 8.40. The van der Waals surface area contributed by atoms with Crippen molar-refractivity contribution in [3.05, 3.63) is 44.9 Å². The summed E-state index contributed by atoms with van der Waals surface area (Å²) in [6, 6.07) is 5.30. The van der Waals surface area contributed by atoms with Crippen LogP contribution >= 0.6 is 0 Å². The molecule has 0 fully saturated rings. The van der Waals surface area contributed by atoms with E-state index >= 15 is 0 Å². The third-order valence-corrected chi connectivity index (χ3v) is 4.26. The summed E-state index contributed by atoms with van der Waals surface area (Å²) < 4.78 is 16.8. The lowest BCUT2D eigenvalue weighted by Crippen LogP contribution is -2.35. The summed E-state index contributed by atoms with van der Waals surface area (Å²) in [6.07, 6.45) is 0. The molecule has 0 spiro atoms. The van der Waals surface area contributed by atoms with Crippen molar-refractivity contribution < 1.29 is 19.0 Å². The van der Waals surface area contributed by atoms with E-state index in [0.29, 0.717) is 28.5 Å². The molecule has 0 aliphatic carbocycles. The van der Waals surface area contributed by atoms with Gasteiger partial charge in [-0.1, -0.05) is 0 Å². The van der Waals surface area contributed by atoms with E-state index in [1.165, 1.54) is 21.3 Å². The van der Waals surface area contributed by atoms with E-state index in [4.69, 9.17) is 19.5 Å². The van der Waals surface area contributed by atoms with Gasteiger partial charge in [0.1, 0.15) is 18.2 Å². The minimum atomic E-state index is -0.589. The summed E-state index contributed by atoms with van der Waals surface area (Å²) in [5.41, 5.74) is 1.16. The maximum Gasteiger partial charge on any atom is 0.285 e. The SMILES string of the molecule is COc1cc(CNC(=O)Cn2nc(C)c(C)c(C#N)c2=O)cc(OC)c1OC. The average Bonchev–Trinajstić information content (AvgIpc) is 2.69. The van der Waals surface area contributed by atoms with Gasteiger partial charge in [0.25, 0.3) is 5.56 Å². The smallest absolute Gasteiger partial charge is 0.285 e. The van der Waals surface area contributed by atoms with Crippen LogP contribution in [0.3, 0.4) is 0 Å². The molecule has 0 radical (unpaired) electrons. The second kappa shape index (κ2) is 8.90. The van der Waals surface area contributed by atoms with E-state index in [0.717, 1.165) is 10.2 Å². The zero-order valence-corrected chi connectivity index (χ0v) is 16.5. The Hall–Kier alpha value is -3.54. The van der Waals surface area contributed by atoms with Crippen molar-refractivity contribution in [2.75, 3.05) is 21.3 Å². The number of nitrogens with zero attached hydrogens (tertiary/aromatic N) is 3. The Labute approximate surface area is 162 Å². The molecule has 2 aromatic rings. The fraction of sp³-hybridized carbons (Fsp3) is 0.368. The molecular weight excluding hydrogens is 364 g/mol. The number of nitriles is 1. The number of hydrogen-bond donors (Lipinski definition) is 1. The quantitative estimate of drug-likeness (QED) is 0.757. The lowest BCUT2D eigenvalue weighted by molar-refractivity contribution is -0.122. The molecule has 2 rings (SSSR count). The average molecular weight is 386 g/mol. The Kier molecular flexibility index (Phi) is 6.60. The monoisotopic (exact) mass is 386 g/mol. The molecule has 1 amide bonds. The van der Waals surface area contributed by atoms with Crippen molar-refractivity contribution in [1.29, 1.82) is 5.26 Å².